The van der Waals surface area contributed by atoms with Crippen molar-refractivity contribution in [1.29, 1.82) is 0 Å². The first kappa shape index (κ1) is 24.5. The zero-order valence-corrected chi connectivity index (χ0v) is 17.6. The molecule has 0 aromatic heterocycles. The maximum absolute atomic E-state index is 13.1. The van der Waals surface area contributed by atoms with Gasteiger partial charge in [-0.15, -0.1) is 0 Å². The number of nitrogens with two attached hydrogens (primary N) is 2. The van der Waals surface area contributed by atoms with Crippen molar-refractivity contribution in [1.82, 2.24) is 10.2 Å². The van der Waals surface area contributed by atoms with Crippen molar-refractivity contribution >= 4 is 29.8 Å². The molecule has 1 aromatic carbocycles. The van der Waals surface area contributed by atoms with Gasteiger partial charge in [0.25, 0.3) is 0 Å². The Morgan fingerprint density at radius 1 is 1.25 bits per heavy atom. The second-order valence-corrected chi connectivity index (χ2v) is 7.46. The highest BCUT2D eigenvalue weighted by Crippen LogP contribution is 2.21. The summed E-state index contributed by atoms with van der Waals surface area (Å²) in [6, 6.07) is 6.12. The van der Waals surface area contributed by atoms with Crippen LogP contribution < -0.4 is 16.8 Å². The summed E-state index contributed by atoms with van der Waals surface area (Å²) in [5, 5.41) is 11.9. The molecule has 1 heterocycles. The van der Waals surface area contributed by atoms with Crippen molar-refractivity contribution in [3.63, 3.8) is 0 Å². The molecule has 1 aliphatic rings. The molecule has 11 nitrogen and oxygen atoms in total. The van der Waals surface area contributed by atoms with Gasteiger partial charge in [0.2, 0.25) is 17.9 Å². The van der Waals surface area contributed by atoms with Gasteiger partial charge in [0, 0.05) is 19.5 Å². The van der Waals surface area contributed by atoms with E-state index in [4.69, 9.17) is 11.5 Å². The van der Waals surface area contributed by atoms with Crippen molar-refractivity contribution in [3.8, 4) is 0 Å². The molecule has 2 rings (SSSR count). The molecule has 1 aromatic rings. The Morgan fingerprint density at radius 2 is 1.97 bits per heavy atom. The maximum atomic E-state index is 13.1. The minimum absolute atomic E-state index is 0.0935. The average molecular weight is 444 g/mol. The van der Waals surface area contributed by atoms with Crippen LogP contribution in [0.25, 0.3) is 0 Å². The molecule has 0 unspecified atom stereocenters. The molecule has 1 fully saturated rings. The molecule has 3 atom stereocenters. The lowest BCUT2D eigenvalue weighted by Crippen LogP contribution is -2.52. The minimum Gasteiger partial charge on any atom is -0.480 e. The SMILES string of the molecule is NC(N)=NCCC[C@H](NC(=O)[C@@H]1CCCN1C(=O)[C@@H](Cc1ccccc1)N=C=O)C(=O)O. The van der Waals surface area contributed by atoms with Crippen LogP contribution in [-0.2, 0) is 25.6 Å². The minimum atomic E-state index is -1.19. The molecular weight excluding hydrogens is 416 g/mol. The number of carbonyl (C=O) groups excluding carboxylic acids is 3. The summed E-state index contributed by atoms with van der Waals surface area (Å²) in [4.78, 5) is 57.1. The summed E-state index contributed by atoms with van der Waals surface area (Å²) in [6.45, 7) is 0.555. The highest BCUT2D eigenvalue weighted by atomic mass is 16.4. The van der Waals surface area contributed by atoms with E-state index in [0.717, 1.165) is 5.56 Å². The zero-order chi connectivity index (χ0) is 23.5. The number of hydrogen-bond donors (Lipinski definition) is 4. The second kappa shape index (κ2) is 12.2. The third-order valence-corrected chi connectivity index (χ3v) is 5.16. The molecule has 32 heavy (non-hydrogen) atoms. The van der Waals surface area contributed by atoms with Crippen molar-refractivity contribution in [3.05, 3.63) is 35.9 Å². The quantitative estimate of drug-likeness (QED) is 0.154. The van der Waals surface area contributed by atoms with Crippen LogP contribution in [0.4, 0.5) is 0 Å². The number of carboxylic acids is 1. The van der Waals surface area contributed by atoms with Gasteiger partial charge in [-0.25, -0.2) is 9.59 Å². The van der Waals surface area contributed by atoms with Gasteiger partial charge < -0.3 is 26.8 Å². The number of nitrogens with one attached hydrogen (secondary N) is 1. The Labute approximate surface area is 185 Å². The van der Waals surface area contributed by atoms with Crippen LogP contribution in [0.2, 0.25) is 0 Å². The maximum Gasteiger partial charge on any atom is 0.326 e. The molecule has 0 bridgehead atoms. The fourth-order valence-corrected chi connectivity index (χ4v) is 3.61. The first-order valence-corrected chi connectivity index (χ1v) is 10.3. The van der Waals surface area contributed by atoms with Crippen LogP contribution in [0.5, 0.6) is 0 Å². The molecule has 1 aliphatic heterocycles. The molecule has 6 N–H and O–H groups in total. The lowest BCUT2D eigenvalue weighted by Gasteiger charge is -2.27. The Bertz CT molecular complexity index is 880. The van der Waals surface area contributed by atoms with Crippen LogP contribution in [0.3, 0.4) is 0 Å². The molecule has 0 aliphatic carbocycles. The van der Waals surface area contributed by atoms with Gasteiger partial charge in [0.1, 0.15) is 18.1 Å². The first-order valence-electron chi connectivity index (χ1n) is 10.3. The summed E-state index contributed by atoms with van der Waals surface area (Å²) in [5.41, 5.74) is 11.3. The number of carboxylic acid groups (broad SMARTS) is 1. The zero-order valence-electron chi connectivity index (χ0n) is 17.6. The molecule has 172 valence electrons. The van der Waals surface area contributed by atoms with Crippen LogP contribution in [0.1, 0.15) is 31.2 Å². The van der Waals surface area contributed by atoms with E-state index in [0.29, 0.717) is 25.8 Å². The normalized spacial score (nSPS) is 17.0. The van der Waals surface area contributed by atoms with Crippen LogP contribution in [0.15, 0.2) is 40.3 Å². The van der Waals surface area contributed by atoms with Gasteiger partial charge in [0.15, 0.2) is 5.96 Å². The molecule has 2 amide bonds. The predicted octanol–water partition coefficient (Wildman–Crippen LogP) is -0.452. The van der Waals surface area contributed by atoms with E-state index in [1.165, 1.54) is 11.0 Å². The fourth-order valence-electron chi connectivity index (χ4n) is 3.61. The van der Waals surface area contributed by atoms with Gasteiger partial charge >= 0.3 is 5.97 Å². The van der Waals surface area contributed by atoms with Gasteiger partial charge in [-0.2, -0.15) is 4.99 Å². The van der Waals surface area contributed by atoms with Crippen molar-refractivity contribution in [2.45, 2.75) is 50.2 Å². The van der Waals surface area contributed by atoms with Gasteiger partial charge in [-0.3, -0.25) is 14.6 Å². The van der Waals surface area contributed by atoms with E-state index >= 15 is 0 Å². The number of likely N-dealkylation sites (tertiary alicyclic amines) is 1. The number of aliphatic carboxylic acids is 1. The predicted molar refractivity (Wildman–Crippen MR) is 116 cm³/mol. The van der Waals surface area contributed by atoms with E-state index in [1.807, 2.05) is 30.3 Å². The molecular formula is C21H28N6O5. The topological polar surface area (TPSA) is 181 Å². The van der Waals surface area contributed by atoms with E-state index in [9.17, 15) is 24.3 Å². The van der Waals surface area contributed by atoms with Crippen LogP contribution >= 0.6 is 0 Å². The number of guanidine groups is 1. The monoisotopic (exact) mass is 444 g/mol. The highest BCUT2D eigenvalue weighted by molar-refractivity contribution is 5.92. The largest absolute Gasteiger partial charge is 0.480 e. The third kappa shape index (κ3) is 7.21. The third-order valence-electron chi connectivity index (χ3n) is 5.16. The number of rotatable bonds is 11. The number of carbonyl (C=O) groups is 3. The summed E-state index contributed by atoms with van der Waals surface area (Å²) >= 11 is 0. The molecule has 1 saturated heterocycles. The van der Waals surface area contributed by atoms with Gasteiger partial charge in [-0.1, -0.05) is 30.3 Å². The van der Waals surface area contributed by atoms with Crippen molar-refractivity contribution in [2.24, 2.45) is 21.5 Å². The fraction of sp³-hybridized carbons (Fsp3) is 0.476. The Morgan fingerprint density at radius 3 is 2.59 bits per heavy atom. The summed E-state index contributed by atoms with van der Waals surface area (Å²) in [6.07, 6.45) is 3.09. The Kier molecular flexibility index (Phi) is 9.37. The summed E-state index contributed by atoms with van der Waals surface area (Å²) in [5.74, 6) is -2.30. The first-order chi connectivity index (χ1) is 15.3. The molecule has 0 saturated carbocycles. The lowest BCUT2D eigenvalue weighted by molar-refractivity contribution is -0.144. The number of nitrogens with zero attached hydrogens (tertiary/aromatic N) is 3. The molecule has 0 radical (unpaired) electrons. The highest BCUT2D eigenvalue weighted by Gasteiger charge is 2.38. The smallest absolute Gasteiger partial charge is 0.326 e. The number of benzene rings is 1. The van der Waals surface area contributed by atoms with Gasteiger partial charge in [-0.05, 0) is 31.2 Å². The number of aliphatic imine (C=N–C) groups is 2. The van der Waals surface area contributed by atoms with Gasteiger partial charge in [0.05, 0.1) is 0 Å². The van der Waals surface area contributed by atoms with Crippen LogP contribution in [-0.4, -0.2) is 71.0 Å². The number of isocyanates is 1. The van der Waals surface area contributed by atoms with Crippen molar-refractivity contribution in [2.75, 3.05) is 13.1 Å². The average Bonchev–Trinajstić information content (AvgIpc) is 3.25. The van der Waals surface area contributed by atoms with E-state index in [2.05, 4.69) is 15.3 Å². The molecule has 11 heteroatoms. The second-order valence-electron chi connectivity index (χ2n) is 7.46. The molecule has 0 spiro atoms. The van der Waals surface area contributed by atoms with Crippen LogP contribution in [0, 0.1) is 0 Å². The number of amides is 2. The summed E-state index contributed by atoms with van der Waals surface area (Å²) < 4.78 is 0. The number of hydrogen-bond acceptors (Lipinski definition) is 6. The van der Waals surface area contributed by atoms with E-state index < -0.39 is 35.9 Å². The lowest BCUT2D eigenvalue weighted by atomic mass is 10.0. The van der Waals surface area contributed by atoms with E-state index in [1.54, 1.807) is 0 Å². The van der Waals surface area contributed by atoms with Crippen molar-refractivity contribution < 1.29 is 24.3 Å². The Hall–Kier alpha value is -3.72. The summed E-state index contributed by atoms with van der Waals surface area (Å²) in [7, 11) is 0. The Balaban J connectivity index is 2.05. The van der Waals surface area contributed by atoms with E-state index in [-0.39, 0.29) is 25.3 Å². The standard InChI is InChI=1S/C21H28N6O5/c22-21(23)24-10-4-8-15(20(31)32)26-18(29)17-9-5-11-27(17)19(30)16(25-13-28)12-14-6-2-1-3-7-14/h1-3,6-7,15-17H,4-5,8-12H2,(H,26,29)(H,31,32)(H4,22,23,24)/t15-,16+,17-/m0/s1.